The highest BCUT2D eigenvalue weighted by atomic mass is 19.1. The number of hydrogen-bond donors (Lipinski definition) is 2. The fraction of sp³-hybridized carbons (Fsp3) is 0.458. The van der Waals surface area contributed by atoms with Crippen molar-refractivity contribution in [1.29, 1.82) is 0 Å². The van der Waals surface area contributed by atoms with Gasteiger partial charge in [-0.25, -0.2) is 8.78 Å². The van der Waals surface area contributed by atoms with E-state index in [9.17, 15) is 18.4 Å². The van der Waals surface area contributed by atoms with Crippen LogP contribution in [0.25, 0.3) is 11.3 Å². The van der Waals surface area contributed by atoms with E-state index in [2.05, 4.69) is 31.1 Å². The van der Waals surface area contributed by atoms with Gasteiger partial charge in [0.25, 0.3) is 0 Å². The maximum absolute atomic E-state index is 13.9. The molecular weight excluding hydrogens is 414 g/mol. The van der Waals surface area contributed by atoms with E-state index in [0.29, 0.717) is 18.5 Å². The number of nitrogens with zero attached hydrogens (tertiary/aromatic N) is 2. The number of nitrogens with two attached hydrogens (primary N) is 1. The third kappa shape index (κ3) is 6.56. The quantitative estimate of drug-likeness (QED) is 0.731. The molecule has 8 heteroatoms. The summed E-state index contributed by atoms with van der Waals surface area (Å²) in [5.74, 6) is -1.04. The van der Waals surface area contributed by atoms with Gasteiger partial charge in [0.05, 0.1) is 23.8 Å². The smallest absolute Gasteiger partial charge is 0.243 e. The zero-order valence-electron chi connectivity index (χ0n) is 19.1. The van der Waals surface area contributed by atoms with Crippen LogP contribution >= 0.6 is 0 Å². The van der Waals surface area contributed by atoms with Crippen LogP contribution < -0.4 is 11.1 Å². The number of halogens is 2. The molecule has 0 saturated carbocycles. The summed E-state index contributed by atoms with van der Waals surface area (Å²) in [7, 11) is 0. The number of amides is 2. The lowest BCUT2D eigenvalue weighted by molar-refractivity contribution is -0.137. The minimum absolute atomic E-state index is 0.128. The van der Waals surface area contributed by atoms with Crippen LogP contribution in [0.2, 0.25) is 0 Å². The Bertz CT molecular complexity index is 896. The average Bonchev–Trinajstić information content (AvgIpc) is 3.23. The molecule has 3 N–H and O–H groups in total. The van der Waals surface area contributed by atoms with E-state index < -0.39 is 17.7 Å². The Morgan fingerprint density at radius 2 is 1.78 bits per heavy atom. The highest BCUT2D eigenvalue weighted by Gasteiger charge is 2.33. The van der Waals surface area contributed by atoms with Crippen LogP contribution in [0, 0.1) is 17.6 Å². The second-order valence-electron chi connectivity index (χ2n) is 8.49. The van der Waals surface area contributed by atoms with Crippen LogP contribution in [0.5, 0.6) is 0 Å². The van der Waals surface area contributed by atoms with Crippen LogP contribution in [0.4, 0.5) is 8.78 Å². The Morgan fingerprint density at radius 3 is 2.31 bits per heavy atom. The number of rotatable bonds is 5. The normalized spacial score (nSPS) is 16.4. The van der Waals surface area contributed by atoms with E-state index in [1.807, 2.05) is 0 Å². The number of carbonyl (C=O) groups is 2. The number of nitrogens with one attached hydrogen (secondary N) is 1. The summed E-state index contributed by atoms with van der Waals surface area (Å²) < 4.78 is 27.8. The van der Waals surface area contributed by atoms with E-state index in [-0.39, 0.29) is 35.7 Å². The van der Waals surface area contributed by atoms with E-state index in [4.69, 9.17) is 5.73 Å². The zero-order chi connectivity index (χ0) is 23.8. The second kappa shape index (κ2) is 11.7. The first-order chi connectivity index (χ1) is 15.1. The Labute approximate surface area is 188 Å². The molecule has 0 spiro atoms. The molecule has 0 radical (unpaired) electrons. The summed E-state index contributed by atoms with van der Waals surface area (Å²) in [4.78, 5) is 30.1. The van der Waals surface area contributed by atoms with Crippen LogP contribution in [-0.2, 0) is 9.59 Å². The number of hydrogen-bond acceptors (Lipinski definition) is 4. The first-order valence-electron chi connectivity index (χ1n) is 10.9. The first-order valence-corrected chi connectivity index (χ1v) is 10.9. The van der Waals surface area contributed by atoms with Gasteiger partial charge in [-0.15, -0.1) is 0 Å². The summed E-state index contributed by atoms with van der Waals surface area (Å²) in [5, 5.41) is 2.87. The lowest BCUT2D eigenvalue weighted by atomic mass is 10.1. The predicted molar refractivity (Wildman–Crippen MR) is 120 cm³/mol. The standard InChI is InChI=1S/C20H22F2N4O2.C4H10/c1-12(25-20(28)17-6-3-9-26(17)18(27)10-23)13-7-8-16(24-11-13)19-14(21)4-2-5-15(19)22;1-4(2)3/h2,4-5,7-8,11-12,17H,3,6,9-10,23H2,1H3,(H,25,28);4H,1-3H3. The minimum Gasteiger partial charge on any atom is -0.348 e. The number of carbonyl (C=O) groups excluding carboxylic acids is 2. The Kier molecular flexibility index (Phi) is 9.26. The van der Waals surface area contributed by atoms with Crippen LogP contribution in [0.1, 0.15) is 52.1 Å². The van der Waals surface area contributed by atoms with Crippen molar-refractivity contribution in [3.8, 4) is 11.3 Å². The molecule has 1 aliphatic heterocycles. The lowest BCUT2D eigenvalue weighted by Crippen LogP contribution is -2.48. The van der Waals surface area contributed by atoms with Crippen molar-refractivity contribution in [3.05, 3.63) is 53.7 Å². The number of pyridine rings is 1. The molecule has 2 amide bonds. The molecule has 1 saturated heterocycles. The van der Waals surface area contributed by atoms with Crippen molar-refractivity contribution >= 4 is 11.8 Å². The minimum atomic E-state index is -0.688. The van der Waals surface area contributed by atoms with Gasteiger partial charge in [-0.3, -0.25) is 14.6 Å². The Morgan fingerprint density at radius 1 is 1.16 bits per heavy atom. The molecule has 0 bridgehead atoms. The monoisotopic (exact) mass is 446 g/mol. The average molecular weight is 447 g/mol. The van der Waals surface area contributed by atoms with Crippen molar-refractivity contribution < 1.29 is 18.4 Å². The van der Waals surface area contributed by atoms with Crippen LogP contribution in [-0.4, -0.2) is 40.8 Å². The lowest BCUT2D eigenvalue weighted by Gasteiger charge is -2.25. The summed E-state index contributed by atoms with van der Waals surface area (Å²) in [5.41, 5.74) is 6.08. The largest absolute Gasteiger partial charge is 0.348 e. The SMILES string of the molecule is CC(C)C.CC(NC(=O)C1CCCN1C(=O)CN)c1ccc(-c2c(F)cccc2F)nc1. The van der Waals surface area contributed by atoms with Gasteiger partial charge in [0.2, 0.25) is 11.8 Å². The molecule has 32 heavy (non-hydrogen) atoms. The molecule has 1 aliphatic rings. The van der Waals surface area contributed by atoms with E-state index >= 15 is 0 Å². The second-order valence-corrected chi connectivity index (χ2v) is 8.49. The molecule has 2 aromatic rings. The number of likely N-dealkylation sites (tertiary alicyclic amines) is 1. The molecule has 6 nitrogen and oxygen atoms in total. The molecule has 3 rings (SSSR count). The fourth-order valence-corrected chi connectivity index (χ4v) is 3.40. The van der Waals surface area contributed by atoms with Crippen molar-refractivity contribution in [2.24, 2.45) is 11.7 Å². The summed E-state index contributed by atoms with van der Waals surface area (Å²) in [6.45, 7) is 8.67. The van der Waals surface area contributed by atoms with Crippen molar-refractivity contribution in [1.82, 2.24) is 15.2 Å². The highest BCUT2D eigenvalue weighted by molar-refractivity contribution is 5.89. The molecule has 2 heterocycles. The third-order valence-electron chi connectivity index (χ3n) is 4.91. The van der Waals surface area contributed by atoms with Gasteiger partial charge >= 0.3 is 0 Å². The van der Waals surface area contributed by atoms with Crippen molar-refractivity contribution in [3.63, 3.8) is 0 Å². The molecule has 2 unspecified atom stereocenters. The summed E-state index contributed by atoms with van der Waals surface area (Å²) in [6.07, 6.45) is 2.82. The van der Waals surface area contributed by atoms with Gasteiger partial charge in [0.15, 0.2) is 0 Å². The van der Waals surface area contributed by atoms with Gasteiger partial charge in [-0.05, 0) is 49.4 Å². The molecule has 0 aliphatic carbocycles. The first kappa shape index (κ1) is 25.4. The maximum atomic E-state index is 13.9. The maximum Gasteiger partial charge on any atom is 0.243 e. The number of benzene rings is 1. The van der Waals surface area contributed by atoms with Crippen LogP contribution in [0.3, 0.4) is 0 Å². The van der Waals surface area contributed by atoms with E-state index in [1.165, 1.54) is 35.4 Å². The third-order valence-corrected chi connectivity index (χ3v) is 4.91. The van der Waals surface area contributed by atoms with Crippen molar-refractivity contribution in [2.45, 2.75) is 52.6 Å². The molecule has 1 aromatic heterocycles. The molecule has 2 atom stereocenters. The Hall–Kier alpha value is -2.87. The molecule has 1 aromatic carbocycles. The molecule has 174 valence electrons. The van der Waals surface area contributed by atoms with E-state index in [1.54, 1.807) is 13.0 Å². The van der Waals surface area contributed by atoms with Gasteiger partial charge in [-0.1, -0.05) is 32.9 Å². The highest BCUT2D eigenvalue weighted by Crippen LogP contribution is 2.25. The summed E-state index contributed by atoms with van der Waals surface area (Å²) >= 11 is 0. The summed E-state index contributed by atoms with van der Waals surface area (Å²) in [6, 6.07) is 5.91. The Balaban J connectivity index is 0.000000837. The van der Waals surface area contributed by atoms with Gasteiger partial charge in [0, 0.05) is 12.7 Å². The van der Waals surface area contributed by atoms with Gasteiger partial charge < -0.3 is 16.0 Å². The van der Waals surface area contributed by atoms with E-state index in [0.717, 1.165) is 12.3 Å². The predicted octanol–water partition coefficient (Wildman–Crippen LogP) is 3.82. The number of aromatic nitrogens is 1. The van der Waals surface area contributed by atoms with Gasteiger partial charge in [0.1, 0.15) is 17.7 Å². The molecule has 1 fully saturated rings. The fourth-order valence-electron chi connectivity index (χ4n) is 3.40. The van der Waals surface area contributed by atoms with Gasteiger partial charge in [-0.2, -0.15) is 0 Å². The van der Waals surface area contributed by atoms with Crippen LogP contribution in [0.15, 0.2) is 36.5 Å². The molecular formula is C24H32F2N4O2. The topological polar surface area (TPSA) is 88.3 Å². The van der Waals surface area contributed by atoms with Crippen molar-refractivity contribution in [2.75, 3.05) is 13.1 Å². The zero-order valence-corrected chi connectivity index (χ0v) is 19.1.